The highest BCUT2D eigenvalue weighted by Gasteiger charge is 2.20. The van der Waals surface area contributed by atoms with Crippen LogP contribution < -0.4 is 5.56 Å². The second-order valence-electron chi connectivity index (χ2n) is 5.21. The Balaban J connectivity index is 2.42. The first kappa shape index (κ1) is 19.0. The van der Waals surface area contributed by atoms with Gasteiger partial charge in [0.2, 0.25) is 0 Å². The number of nitrogens with zero attached hydrogens (tertiary/aromatic N) is 2. The average molecular weight is 364 g/mol. The molecule has 0 fully saturated rings. The number of hydrogen-bond donors (Lipinski definition) is 0. The third-order valence-corrected chi connectivity index (χ3v) is 4.56. The Morgan fingerprint density at radius 3 is 2.72 bits per heavy atom. The van der Waals surface area contributed by atoms with Crippen LogP contribution in [0.5, 0.6) is 0 Å². The molecular formula is C17H20N2O5S. The number of hydrogen-bond acceptors (Lipinski definition) is 7. The second-order valence-corrected chi connectivity index (χ2v) is 6.51. The van der Waals surface area contributed by atoms with Gasteiger partial charge >= 0.3 is 11.9 Å². The van der Waals surface area contributed by atoms with Gasteiger partial charge in [-0.3, -0.25) is 19.0 Å². The molecule has 1 atom stereocenters. The van der Waals surface area contributed by atoms with Crippen LogP contribution in [0.4, 0.5) is 0 Å². The summed E-state index contributed by atoms with van der Waals surface area (Å²) >= 11 is 1.13. The molecule has 0 aliphatic heterocycles. The Labute approximate surface area is 149 Å². The summed E-state index contributed by atoms with van der Waals surface area (Å²) in [6, 6.07) is 6.96. The first-order valence-corrected chi connectivity index (χ1v) is 8.75. The number of esters is 2. The number of para-hydroxylation sites is 1. The zero-order valence-corrected chi connectivity index (χ0v) is 15.2. The molecule has 134 valence electrons. The highest BCUT2D eigenvalue weighted by Crippen LogP contribution is 2.23. The first-order valence-electron chi connectivity index (χ1n) is 7.87. The molecule has 1 aromatic carbocycles. The summed E-state index contributed by atoms with van der Waals surface area (Å²) in [5.74, 6) is -0.802. The predicted molar refractivity (Wildman–Crippen MR) is 94.6 cm³/mol. The maximum Gasteiger partial charge on any atom is 0.319 e. The van der Waals surface area contributed by atoms with Gasteiger partial charge in [-0.2, -0.15) is 0 Å². The fourth-order valence-corrected chi connectivity index (χ4v) is 3.14. The average Bonchev–Trinajstić information content (AvgIpc) is 2.61. The molecule has 0 radical (unpaired) electrons. The van der Waals surface area contributed by atoms with E-state index >= 15 is 0 Å². The maximum absolute atomic E-state index is 12.8. The zero-order chi connectivity index (χ0) is 18.4. The van der Waals surface area contributed by atoms with Crippen LogP contribution in [0.2, 0.25) is 0 Å². The van der Waals surface area contributed by atoms with E-state index in [-0.39, 0.29) is 31.1 Å². The number of carbonyl (C=O) groups excluding carboxylic acids is 2. The van der Waals surface area contributed by atoms with E-state index in [4.69, 9.17) is 4.74 Å². The summed E-state index contributed by atoms with van der Waals surface area (Å²) in [6.07, 6.45) is 0.0395. The number of carbonyl (C=O) groups is 2. The molecule has 0 saturated carbocycles. The molecule has 0 aliphatic carbocycles. The van der Waals surface area contributed by atoms with Crippen molar-refractivity contribution in [3.8, 4) is 0 Å². The van der Waals surface area contributed by atoms with E-state index in [0.717, 1.165) is 11.8 Å². The summed E-state index contributed by atoms with van der Waals surface area (Å²) in [5.41, 5.74) is 0.286. The topological polar surface area (TPSA) is 87.5 Å². The first-order chi connectivity index (χ1) is 12.0. The Morgan fingerprint density at radius 2 is 2.04 bits per heavy atom. The van der Waals surface area contributed by atoms with Crippen molar-refractivity contribution < 1.29 is 19.1 Å². The van der Waals surface area contributed by atoms with Gasteiger partial charge in [-0.1, -0.05) is 23.9 Å². The van der Waals surface area contributed by atoms with Crippen molar-refractivity contribution in [3.05, 3.63) is 34.6 Å². The quantitative estimate of drug-likeness (QED) is 0.422. The molecule has 0 amide bonds. The van der Waals surface area contributed by atoms with E-state index in [0.29, 0.717) is 16.1 Å². The Bertz CT molecular complexity index is 833. The van der Waals surface area contributed by atoms with Crippen molar-refractivity contribution in [1.29, 1.82) is 0 Å². The highest BCUT2D eigenvalue weighted by atomic mass is 32.2. The molecule has 0 unspecified atom stereocenters. The molecule has 0 spiro atoms. The van der Waals surface area contributed by atoms with Gasteiger partial charge in [0.05, 0.1) is 31.0 Å². The molecule has 0 bridgehead atoms. The Morgan fingerprint density at radius 1 is 1.32 bits per heavy atom. The van der Waals surface area contributed by atoms with Crippen LogP contribution in [0, 0.1) is 0 Å². The number of rotatable bonds is 7. The molecule has 0 saturated heterocycles. The number of aromatic nitrogens is 2. The van der Waals surface area contributed by atoms with Gasteiger partial charge in [-0.15, -0.1) is 0 Å². The van der Waals surface area contributed by atoms with E-state index in [1.165, 1.54) is 11.7 Å². The minimum Gasteiger partial charge on any atom is -0.469 e. The van der Waals surface area contributed by atoms with Crippen LogP contribution in [-0.4, -0.2) is 40.5 Å². The summed E-state index contributed by atoms with van der Waals surface area (Å²) in [4.78, 5) is 40.6. The van der Waals surface area contributed by atoms with Gasteiger partial charge in [0.25, 0.3) is 5.56 Å². The Hall–Kier alpha value is -2.35. The van der Waals surface area contributed by atoms with Crippen LogP contribution >= 0.6 is 11.8 Å². The molecule has 7 nitrogen and oxygen atoms in total. The number of ether oxygens (including phenoxy) is 2. The maximum atomic E-state index is 12.8. The fourth-order valence-electron chi connectivity index (χ4n) is 2.21. The lowest BCUT2D eigenvalue weighted by Gasteiger charge is -2.15. The summed E-state index contributed by atoms with van der Waals surface area (Å²) in [7, 11) is 1.29. The summed E-state index contributed by atoms with van der Waals surface area (Å²) in [6.45, 7) is 3.83. The van der Waals surface area contributed by atoms with E-state index < -0.39 is 11.2 Å². The van der Waals surface area contributed by atoms with Crippen molar-refractivity contribution in [2.75, 3.05) is 13.7 Å². The zero-order valence-electron chi connectivity index (χ0n) is 14.4. The van der Waals surface area contributed by atoms with Gasteiger partial charge in [-0.05, 0) is 26.0 Å². The molecule has 25 heavy (non-hydrogen) atoms. The van der Waals surface area contributed by atoms with Crippen molar-refractivity contribution in [1.82, 2.24) is 9.55 Å². The molecule has 1 heterocycles. The monoisotopic (exact) mass is 364 g/mol. The molecule has 8 heteroatoms. The number of methoxy groups -OCH3 is 1. The van der Waals surface area contributed by atoms with Crippen LogP contribution in [0.25, 0.3) is 10.9 Å². The van der Waals surface area contributed by atoms with Crippen LogP contribution in [0.15, 0.2) is 34.2 Å². The van der Waals surface area contributed by atoms with E-state index in [1.54, 1.807) is 38.1 Å². The van der Waals surface area contributed by atoms with E-state index in [1.807, 2.05) is 0 Å². The third kappa shape index (κ3) is 4.60. The van der Waals surface area contributed by atoms with Crippen molar-refractivity contribution >= 4 is 34.6 Å². The number of benzene rings is 1. The van der Waals surface area contributed by atoms with Crippen molar-refractivity contribution in [2.24, 2.45) is 0 Å². The highest BCUT2D eigenvalue weighted by molar-refractivity contribution is 8.00. The van der Waals surface area contributed by atoms with Gasteiger partial charge in [0.1, 0.15) is 5.25 Å². The van der Waals surface area contributed by atoms with E-state index in [2.05, 4.69) is 9.72 Å². The van der Waals surface area contributed by atoms with Crippen LogP contribution in [0.3, 0.4) is 0 Å². The van der Waals surface area contributed by atoms with Crippen LogP contribution in [0.1, 0.15) is 20.3 Å². The smallest absolute Gasteiger partial charge is 0.319 e. The lowest BCUT2D eigenvalue weighted by molar-refractivity contribution is -0.142. The van der Waals surface area contributed by atoms with Crippen molar-refractivity contribution in [3.63, 3.8) is 0 Å². The molecule has 2 aromatic rings. The number of fused-ring (bicyclic) bond motifs is 1. The molecular weight excluding hydrogens is 344 g/mol. The summed E-state index contributed by atoms with van der Waals surface area (Å²) in [5, 5.41) is 0.297. The van der Waals surface area contributed by atoms with Gasteiger partial charge in [0, 0.05) is 6.54 Å². The molecule has 1 aromatic heterocycles. The lowest BCUT2D eigenvalue weighted by atomic mass is 10.2. The third-order valence-electron chi connectivity index (χ3n) is 3.49. The molecule has 0 N–H and O–H groups in total. The van der Waals surface area contributed by atoms with Gasteiger partial charge < -0.3 is 9.47 Å². The van der Waals surface area contributed by atoms with E-state index in [9.17, 15) is 14.4 Å². The lowest BCUT2D eigenvalue weighted by Crippen LogP contribution is -2.26. The predicted octanol–water partition coefficient (Wildman–Crippen LogP) is 2.00. The van der Waals surface area contributed by atoms with Gasteiger partial charge in [-0.25, -0.2) is 4.98 Å². The van der Waals surface area contributed by atoms with Crippen LogP contribution in [-0.2, 0) is 25.6 Å². The normalized spacial score (nSPS) is 12.0. The fraction of sp³-hybridized carbons (Fsp3) is 0.412. The minimum absolute atomic E-state index is 0.0395. The molecule has 0 aliphatic rings. The summed E-state index contributed by atoms with van der Waals surface area (Å²) < 4.78 is 11.0. The standard InChI is InChI=1S/C17H20N2O5S/c1-4-24-16(22)11(2)25-17-18-13-8-6-5-7-12(13)15(21)19(17)10-9-14(20)23-3/h5-8,11H,4,9-10H2,1-3H3/t11-/m0/s1. The SMILES string of the molecule is CCOC(=O)[C@H](C)Sc1nc2ccccc2c(=O)n1CCC(=O)OC. The molecule has 2 rings (SSSR count). The minimum atomic E-state index is -0.530. The van der Waals surface area contributed by atoms with Crippen molar-refractivity contribution in [2.45, 2.75) is 37.2 Å². The second kappa shape index (κ2) is 8.66. The largest absolute Gasteiger partial charge is 0.469 e. The van der Waals surface area contributed by atoms with Gasteiger partial charge in [0.15, 0.2) is 5.16 Å². The Kier molecular flexibility index (Phi) is 6.58. The number of thioether (sulfide) groups is 1.